The van der Waals surface area contributed by atoms with Gasteiger partial charge < -0.3 is 5.32 Å². The molecule has 3 aromatic rings. The Hall–Kier alpha value is -1.74. The summed E-state index contributed by atoms with van der Waals surface area (Å²) in [6.45, 7) is 2.64. The number of aromatic nitrogens is 2. The van der Waals surface area contributed by atoms with Gasteiger partial charge in [0.1, 0.15) is 10.6 Å². The molecule has 3 N–H and O–H groups in total. The van der Waals surface area contributed by atoms with Crippen LogP contribution >= 0.6 is 22.9 Å². The number of primary sulfonamides is 1. The van der Waals surface area contributed by atoms with Crippen LogP contribution in [0.3, 0.4) is 0 Å². The number of nitrogens with zero attached hydrogens (tertiary/aromatic N) is 2. The van der Waals surface area contributed by atoms with E-state index in [9.17, 15) is 8.42 Å². The van der Waals surface area contributed by atoms with Crippen molar-refractivity contribution in [2.75, 3.05) is 11.9 Å². The molecule has 0 aliphatic carbocycles. The van der Waals surface area contributed by atoms with Crippen molar-refractivity contribution < 1.29 is 8.42 Å². The number of nitrogens with one attached hydrogen (secondary N) is 1. The van der Waals surface area contributed by atoms with Gasteiger partial charge in [0, 0.05) is 11.4 Å². The van der Waals surface area contributed by atoms with Crippen LogP contribution in [0, 0.1) is 6.92 Å². The summed E-state index contributed by atoms with van der Waals surface area (Å²) in [5, 5.41) is 9.51. The van der Waals surface area contributed by atoms with E-state index in [0.29, 0.717) is 18.8 Å². The molecular formula is C15H15ClN4O2S2. The highest BCUT2D eigenvalue weighted by atomic mass is 35.5. The SMILES string of the molecule is Cc1cc2c(NCCc3ccc(S(N)(=O)=O)cc3)nc(Cl)nc2s1. The molecule has 0 spiro atoms. The molecule has 0 atom stereocenters. The predicted molar refractivity (Wildman–Crippen MR) is 97.2 cm³/mol. The highest BCUT2D eigenvalue weighted by molar-refractivity contribution is 7.89. The second kappa shape index (κ2) is 6.64. The molecule has 0 saturated carbocycles. The van der Waals surface area contributed by atoms with E-state index in [1.165, 1.54) is 12.1 Å². The van der Waals surface area contributed by atoms with Crippen molar-refractivity contribution in [1.82, 2.24) is 9.97 Å². The lowest BCUT2D eigenvalue weighted by Crippen LogP contribution is -2.12. The normalized spacial score (nSPS) is 11.8. The molecule has 2 aromatic heterocycles. The maximum Gasteiger partial charge on any atom is 0.238 e. The third-order valence-electron chi connectivity index (χ3n) is 3.45. The summed E-state index contributed by atoms with van der Waals surface area (Å²) in [5.41, 5.74) is 0.993. The number of sulfonamides is 1. The van der Waals surface area contributed by atoms with Gasteiger partial charge in [-0.1, -0.05) is 12.1 Å². The molecule has 0 radical (unpaired) electrons. The topological polar surface area (TPSA) is 98.0 Å². The van der Waals surface area contributed by atoms with Crippen molar-refractivity contribution in [2.45, 2.75) is 18.2 Å². The summed E-state index contributed by atoms with van der Waals surface area (Å²) in [6, 6.07) is 8.54. The molecule has 6 nitrogen and oxygen atoms in total. The predicted octanol–water partition coefficient (Wildman–Crippen LogP) is 2.96. The Morgan fingerprint density at radius 2 is 1.96 bits per heavy atom. The molecule has 2 heterocycles. The first-order chi connectivity index (χ1) is 11.3. The molecule has 3 rings (SSSR count). The highest BCUT2D eigenvalue weighted by Gasteiger charge is 2.10. The van der Waals surface area contributed by atoms with Gasteiger partial charge in [-0.15, -0.1) is 11.3 Å². The number of halogens is 1. The van der Waals surface area contributed by atoms with Crippen molar-refractivity contribution in [3.8, 4) is 0 Å². The van der Waals surface area contributed by atoms with Crippen molar-refractivity contribution in [3.05, 3.63) is 46.1 Å². The fourth-order valence-corrected chi connectivity index (χ4v) is 3.94. The molecule has 0 aliphatic rings. The summed E-state index contributed by atoms with van der Waals surface area (Å²) in [6.07, 6.45) is 0.705. The van der Waals surface area contributed by atoms with Gasteiger partial charge in [0.25, 0.3) is 0 Å². The first-order valence-corrected chi connectivity index (χ1v) is 9.86. The number of rotatable bonds is 5. The molecule has 24 heavy (non-hydrogen) atoms. The van der Waals surface area contributed by atoms with Crippen molar-refractivity contribution in [2.24, 2.45) is 5.14 Å². The third-order valence-corrected chi connectivity index (χ3v) is 5.49. The lowest BCUT2D eigenvalue weighted by Gasteiger charge is -2.07. The Balaban J connectivity index is 1.71. The summed E-state index contributed by atoms with van der Waals surface area (Å²) < 4.78 is 22.5. The zero-order valence-corrected chi connectivity index (χ0v) is 15.2. The summed E-state index contributed by atoms with van der Waals surface area (Å²) in [7, 11) is -3.66. The van der Waals surface area contributed by atoms with Crippen LogP contribution in [0.15, 0.2) is 35.2 Å². The third kappa shape index (κ3) is 3.84. The van der Waals surface area contributed by atoms with Crippen molar-refractivity contribution in [1.29, 1.82) is 0 Å². The number of anilines is 1. The Morgan fingerprint density at radius 1 is 1.25 bits per heavy atom. The van der Waals surface area contributed by atoms with Crippen LogP contribution < -0.4 is 10.5 Å². The second-order valence-electron chi connectivity index (χ2n) is 5.28. The molecular weight excluding hydrogens is 368 g/mol. The number of hydrogen-bond donors (Lipinski definition) is 2. The Kier molecular flexibility index (Phi) is 4.73. The minimum atomic E-state index is -3.66. The molecule has 0 unspecified atom stereocenters. The van der Waals surface area contributed by atoms with E-state index in [2.05, 4.69) is 15.3 Å². The van der Waals surface area contributed by atoms with Gasteiger partial charge in [-0.25, -0.2) is 23.5 Å². The van der Waals surface area contributed by atoms with E-state index < -0.39 is 10.0 Å². The lowest BCUT2D eigenvalue weighted by molar-refractivity contribution is 0.598. The van der Waals surface area contributed by atoms with Crippen molar-refractivity contribution >= 4 is 49.0 Å². The maximum atomic E-state index is 11.2. The van der Waals surface area contributed by atoms with E-state index in [1.807, 2.05) is 13.0 Å². The van der Waals surface area contributed by atoms with Crippen LogP contribution in [0.2, 0.25) is 5.28 Å². The number of thiophene rings is 1. The number of benzene rings is 1. The van der Waals surface area contributed by atoms with Crippen LogP contribution in [-0.2, 0) is 16.4 Å². The maximum absolute atomic E-state index is 11.2. The minimum absolute atomic E-state index is 0.109. The van der Waals surface area contributed by atoms with E-state index in [1.54, 1.807) is 23.5 Å². The van der Waals surface area contributed by atoms with Crippen LogP contribution in [0.4, 0.5) is 5.82 Å². The number of fused-ring (bicyclic) bond motifs is 1. The second-order valence-corrected chi connectivity index (χ2v) is 8.42. The lowest BCUT2D eigenvalue weighted by atomic mass is 10.1. The molecule has 0 aliphatic heterocycles. The highest BCUT2D eigenvalue weighted by Crippen LogP contribution is 2.29. The zero-order chi connectivity index (χ0) is 17.3. The van der Waals surface area contributed by atoms with E-state index in [0.717, 1.165) is 20.7 Å². The summed E-state index contributed by atoms with van der Waals surface area (Å²) >= 11 is 7.53. The standard InChI is InChI=1S/C15H15ClN4O2S2/c1-9-8-12-13(19-15(16)20-14(12)23-9)18-7-6-10-2-4-11(5-3-10)24(17,21)22/h2-5,8H,6-7H2,1H3,(H2,17,21,22)(H,18,19,20). The smallest absolute Gasteiger partial charge is 0.238 e. The Labute approximate surface area is 148 Å². The Morgan fingerprint density at radius 3 is 2.62 bits per heavy atom. The van der Waals surface area contributed by atoms with Gasteiger partial charge in [-0.3, -0.25) is 0 Å². The largest absolute Gasteiger partial charge is 0.369 e. The number of hydrogen-bond acceptors (Lipinski definition) is 6. The van der Waals surface area contributed by atoms with Gasteiger partial charge >= 0.3 is 0 Å². The molecule has 0 bridgehead atoms. The average Bonchev–Trinajstić information content (AvgIpc) is 2.87. The van der Waals surface area contributed by atoms with Gasteiger partial charge in [-0.2, -0.15) is 0 Å². The molecule has 126 valence electrons. The van der Waals surface area contributed by atoms with Gasteiger partial charge in [0.15, 0.2) is 0 Å². The number of nitrogens with two attached hydrogens (primary N) is 1. The fourth-order valence-electron chi connectivity index (χ4n) is 2.32. The van der Waals surface area contributed by atoms with E-state index in [4.69, 9.17) is 16.7 Å². The molecule has 0 saturated heterocycles. The Bertz CT molecular complexity index is 985. The monoisotopic (exact) mass is 382 g/mol. The van der Waals surface area contributed by atoms with Crippen LogP contribution in [0.25, 0.3) is 10.2 Å². The van der Waals surface area contributed by atoms with E-state index in [-0.39, 0.29) is 10.2 Å². The van der Waals surface area contributed by atoms with Gasteiger partial charge in [-0.05, 0) is 48.7 Å². The molecule has 9 heteroatoms. The van der Waals surface area contributed by atoms with Crippen molar-refractivity contribution in [3.63, 3.8) is 0 Å². The minimum Gasteiger partial charge on any atom is -0.369 e. The van der Waals surface area contributed by atoms with Gasteiger partial charge in [0.2, 0.25) is 15.3 Å². The van der Waals surface area contributed by atoms with Crippen LogP contribution in [0.1, 0.15) is 10.4 Å². The first kappa shape index (κ1) is 17.1. The fraction of sp³-hybridized carbons (Fsp3) is 0.200. The zero-order valence-electron chi connectivity index (χ0n) is 12.8. The quantitative estimate of drug-likeness (QED) is 0.661. The first-order valence-electron chi connectivity index (χ1n) is 7.12. The molecule has 1 aromatic carbocycles. The number of aryl methyl sites for hydroxylation is 1. The molecule has 0 fully saturated rings. The molecule has 0 amide bonds. The van der Waals surface area contributed by atoms with Crippen LogP contribution in [-0.4, -0.2) is 24.9 Å². The van der Waals surface area contributed by atoms with Crippen LogP contribution in [0.5, 0.6) is 0 Å². The summed E-state index contributed by atoms with van der Waals surface area (Å²) in [4.78, 5) is 10.6. The average molecular weight is 383 g/mol. The summed E-state index contributed by atoms with van der Waals surface area (Å²) in [5.74, 6) is 0.704. The van der Waals surface area contributed by atoms with Gasteiger partial charge in [0.05, 0.1) is 10.3 Å². The van der Waals surface area contributed by atoms with E-state index >= 15 is 0 Å².